The van der Waals surface area contributed by atoms with Gasteiger partial charge in [-0.1, -0.05) is 220 Å². The summed E-state index contributed by atoms with van der Waals surface area (Å²) < 4.78 is 0. The summed E-state index contributed by atoms with van der Waals surface area (Å²) in [7, 11) is 0. The van der Waals surface area contributed by atoms with Gasteiger partial charge < -0.3 is 0 Å². The van der Waals surface area contributed by atoms with Gasteiger partial charge in [0.05, 0.1) is 0 Å². The highest BCUT2D eigenvalue weighted by Crippen LogP contribution is 2.55. The number of allylic oxidation sites excluding steroid dienone is 4. The van der Waals surface area contributed by atoms with Crippen LogP contribution < -0.4 is 0 Å². The first-order valence-electron chi connectivity index (χ1n) is 22.4. The third-order valence-electron chi connectivity index (χ3n) is 14.7. The van der Waals surface area contributed by atoms with Crippen LogP contribution in [-0.4, -0.2) is 0 Å². The van der Waals surface area contributed by atoms with Crippen molar-refractivity contribution >= 4 is 64.6 Å². The highest BCUT2D eigenvalue weighted by atomic mass is 14.5. The second-order valence-electron chi connectivity index (χ2n) is 18.3. The predicted octanol–water partition coefficient (Wildman–Crippen LogP) is 17.4. The maximum atomic E-state index is 2.55. The molecule has 0 amide bonds. The minimum atomic E-state index is -0.00365. The van der Waals surface area contributed by atoms with E-state index in [0.717, 1.165) is 0 Å². The lowest BCUT2D eigenvalue weighted by atomic mass is 9.74. The van der Waals surface area contributed by atoms with Crippen LogP contribution in [0.15, 0.2) is 218 Å². The Kier molecular flexibility index (Phi) is 7.88. The van der Waals surface area contributed by atoms with Crippen LogP contribution in [0.4, 0.5) is 0 Å². The summed E-state index contributed by atoms with van der Waals surface area (Å²) in [4.78, 5) is 0. The van der Waals surface area contributed by atoms with Gasteiger partial charge in [0.2, 0.25) is 0 Å². The Labute approximate surface area is 368 Å². The van der Waals surface area contributed by atoms with Gasteiger partial charge in [-0.3, -0.25) is 0 Å². The molecule has 0 bridgehead atoms. The first-order chi connectivity index (χ1) is 31.0. The quantitative estimate of drug-likeness (QED) is 0.123. The van der Waals surface area contributed by atoms with Crippen LogP contribution in [0, 0.1) is 5.92 Å². The zero-order chi connectivity index (χ0) is 41.8. The van der Waals surface area contributed by atoms with Crippen molar-refractivity contribution in [3.8, 4) is 44.5 Å². The van der Waals surface area contributed by atoms with Crippen molar-refractivity contribution < 1.29 is 0 Å². The van der Waals surface area contributed by atoms with Gasteiger partial charge in [-0.2, -0.15) is 0 Å². The van der Waals surface area contributed by atoms with Crippen LogP contribution in [0.1, 0.15) is 30.9 Å². The number of hydrogen-bond acceptors (Lipinski definition) is 0. The Morgan fingerprint density at radius 2 is 0.810 bits per heavy atom. The summed E-state index contributed by atoms with van der Waals surface area (Å²) in [6, 6.07) is 73.2. The molecule has 63 heavy (non-hydrogen) atoms. The second kappa shape index (κ2) is 13.7. The molecule has 0 spiro atoms. The summed E-state index contributed by atoms with van der Waals surface area (Å²) in [5.41, 5.74) is 13.1. The average molecular weight is 801 g/mol. The lowest BCUT2D eigenvalue weighted by molar-refractivity contribution is 0.394. The van der Waals surface area contributed by atoms with Crippen LogP contribution in [0.25, 0.3) is 109 Å². The van der Waals surface area contributed by atoms with Crippen molar-refractivity contribution in [2.45, 2.75) is 25.2 Å². The van der Waals surface area contributed by atoms with Crippen LogP contribution in [0.2, 0.25) is 0 Å². The largest absolute Gasteiger partial charge is 0.0796 e. The molecule has 0 N–H and O–H groups in total. The summed E-state index contributed by atoms with van der Waals surface area (Å²) in [6.45, 7) is 4.89. The molecule has 0 heteroatoms. The zero-order valence-electron chi connectivity index (χ0n) is 35.4. The molecule has 11 aromatic rings. The molecular weight excluding hydrogens is 757 g/mol. The predicted molar refractivity (Wildman–Crippen MR) is 271 cm³/mol. The van der Waals surface area contributed by atoms with Gasteiger partial charge in [-0.15, -0.1) is 0 Å². The SMILES string of the molecule is CC1(C)c2cc(-c3c4ccccc4c(-c4cc5ccccc5c5ccccc45)c4ccc(-c5c6ccccc6c(-c6ccccc6)c6ccccc56)cc34)ccc2C2C=CC=CC21. The number of benzene rings is 11. The zero-order valence-corrected chi connectivity index (χ0v) is 35.4. The second-order valence-corrected chi connectivity index (χ2v) is 18.3. The van der Waals surface area contributed by atoms with E-state index < -0.39 is 0 Å². The van der Waals surface area contributed by atoms with Gasteiger partial charge in [0.25, 0.3) is 0 Å². The minimum absolute atomic E-state index is 0.00365. The van der Waals surface area contributed by atoms with E-state index in [1.165, 1.54) is 120 Å². The molecule has 11 aromatic carbocycles. The fraction of sp³-hybridized carbons (Fsp3) is 0.0794. The first kappa shape index (κ1) is 36.1. The Hall–Kier alpha value is -7.54. The van der Waals surface area contributed by atoms with Gasteiger partial charge in [-0.05, 0) is 144 Å². The third kappa shape index (κ3) is 5.28. The van der Waals surface area contributed by atoms with Crippen molar-refractivity contribution in [2.75, 3.05) is 0 Å². The molecule has 0 fully saturated rings. The molecule has 13 rings (SSSR count). The molecule has 296 valence electrons. The first-order valence-corrected chi connectivity index (χ1v) is 22.4. The molecular formula is C63H44. The van der Waals surface area contributed by atoms with Gasteiger partial charge in [0.15, 0.2) is 0 Å². The maximum Gasteiger partial charge on any atom is 0.00953 e. The summed E-state index contributed by atoms with van der Waals surface area (Å²) in [5.74, 6) is 0.843. The van der Waals surface area contributed by atoms with E-state index in [1.807, 2.05) is 0 Å². The molecule has 0 saturated heterocycles. The van der Waals surface area contributed by atoms with Crippen molar-refractivity contribution in [3.63, 3.8) is 0 Å². The van der Waals surface area contributed by atoms with E-state index in [9.17, 15) is 0 Å². The van der Waals surface area contributed by atoms with Crippen molar-refractivity contribution in [1.82, 2.24) is 0 Å². The summed E-state index contributed by atoms with van der Waals surface area (Å²) >= 11 is 0. The Morgan fingerprint density at radius 1 is 0.333 bits per heavy atom. The van der Waals surface area contributed by atoms with Gasteiger partial charge in [0.1, 0.15) is 0 Å². The van der Waals surface area contributed by atoms with Crippen molar-refractivity contribution in [1.29, 1.82) is 0 Å². The molecule has 2 aliphatic carbocycles. The molecule has 2 aliphatic rings. The Morgan fingerprint density at radius 3 is 1.48 bits per heavy atom. The molecule has 0 aromatic heterocycles. The number of fused-ring (bicyclic) bond motifs is 10. The van der Waals surface area contributed by atoms with Crippen LogP contribution in [0.3, 0.4) is 0 Å². The van der Waals surface area contributed by atoms with E-state index in [4.69, 9.17) is 0 Å². The minimum Gasteiger partial charge on any atom is -0.0796 e. The third-order valence-corrected chi connectivity index (χ3v) is 14.7. The van der Waals surface area contributed by atoms with Crippen LogP contribution >= 0.6 is 0 Å². The number of rotatable bonds is 4. The van der Waals surface area contributed by atoms with E-state index in [1.54, 1.807) is 0 Å². The van der Waals surface area contributed by atoms with Crippen molar-refractivity contribution in [3.05, 3.63) is 230 Å². The highest BCUT2D eigenvalue weighted by Gasteiger charge is 2.44. The van der Waals surface area contributed by atoms with Gasteiger partial charge >= 0.3 is 0 Å². The van der Waals surface area contributed by atoms with Crippen LogP contribution in [0.5, 0.6) is 0 Å². The summed E-state index contributed by atoms with van der Waals surface area (Å²) in [5, 5.41) is 15.2. The van der Waals surface area contributed by atoms with Crippen molar-refractivity contribution in [2.24, 2.45) is 5.92 Å². The van der Waals surface area contributed by atoms with E-state index in [0.29, 0.717) is 11.8 Å². The topological polar surface area (TPSA) is 0 Å². The fourth-order valence-corrected chi connectivity index (χ4v) is 11.9. The fourth-order valence-electron chi connectivity index (χ4n) is 11.9. The Balaban J connectivity index is 1.17. The smallest absolute Gasteiger partial charge is 0.00953 e. The molecule has 0 radical (unpaired) electrons. The standard InChI is InChI=1S/C63H44/c1-63(2)57-31-17-16-24-46(57)47-34-32-42(38-58(47)63)61-52-29-14-15-30-53(52)62(55-36-40-20-6-7-21-43(40)44-22-8-9-23-45(44)55)54-35-33-41(37-56(54)61)60-50-27-12-10-25-48(50)59(39-18-4-3-5-19-39)49-26-11-13-28-51(49)60/h3-38,46,57H,1-2H3. The monoisotopic (exact) mass is 800 g/mol. The van der Waals surface area contributed by atoms with E-state index >= 15 is 0 Å². The number of hydrogen-bond donors (Lipinski definition) is 0. The summed E-state index contributed by atoms with van der Waals surface area (Å²) in [6.07, 6.45) is 9.32. The van der Waals surface area contributed by atoms with E-state index in [2.05, 4.69) is 232 Å². The molecule has 0 saturated carbocycles. The van der Waals surface area contributed by atoms with Crippen LogP contribution in [-0.2, 0) is 5.41 Å². The molecule has 2 atom stereocenters. The molecule has 0 nitrogen and oxygen atoms in total. The lowest BCUT2D eigenvalue weighted by Crippen LogP contribution is -2.24. The average Bonchev–Trinajstić information content (AvgIpc) is 3.57. The van der Waals surface area contributed by atoms with Gasteiger partial charge in [0, 0.05) is 5.92 Å². The normalized spacial score (nSPS) is 16.4. The lowest BCUT2D eigenvalue weighted by Gasteiger charge is -2.29. The molecule has 2 unspecified atom stereocenters. The Bertz CT molecular complexity index is 3710. The molecule has 0 heterocycles. The van der Waals surface area contributed by atoms with E-state index in [-0.39, 0.29) is 5.41 Å². The van der Waals surface area contributed by atoms with Gasteiger partial charge in [-0.25, -0.2) is 0 Å². The maximum absolute atomic E-state index is 2.55. The molecule has 0 aliphatic heterocycles. The highest BCUT2D eigenvalue weighted by molar-refractivity contribution is 6.27.